The number of hydrogen-bond donors (Lipinski definition) is 1. The molecule has 132 valence electrons. The Labute approximate surface area is 141 Å². The van der Waals surface area contributed by atoms with Crippen LogP contribution < -0.4 is 5.32 Å². The number of carbonyl (C=O) groups excluding carboxylic acids is 2. The highest BCUT2D eigenvalue weighted by Crippen LogP contribution is 2.28. The summed E-state index contributed by atoms with van der Waals surface area (Å²) in [4.78, 5) is 25.9. The SMILES string of the molecule is COC(=O)Cn1ncc(NC(=O)N2CCCC2C2CCCO2)c1C. The van der Waals surface area contributed by atoms with Gasteiger partial charge in [-0.2, -0.15) is 5.10 Å². The van der Waals surface area contributed by atoms with Gasteiger partial charge in [0.2, 0.25) is 0 Å². The molecule has 24 heavy (non-hydrogen) atoms. The van der Waals surface area contributed by atoms with Gasteiger partial charge in [-0.15, -0.1) is 0 Å². The first-order valence-electron chi connectivity index (χ1n) is 8.38. The number of aromatic nitrogens is 2. The van der Waals surface area contributed by atoms with E-state index in [-0.39, 0.29) is 30.7 Å². The minimum Gasteiger partial charge on any atom is -0.468 e. The van der Waals surface area contributed by atoms with Gasteiger partial charge in [-0.05, 0) is 32.6 Å². The molecular weight excluding hydrogens is 312 g/mol. The second kappa shape index (κ2) is 7.21. The highest BCUT2D eigenvalue weighted by atomic mass is 16.5. The van der Waals surface area contributed by atoms with Crippen molar-refractivity contribution in [2.45, 2.75) is 51.3 Å². The number of methoxy groups -OCH3 is 1. The minimum atomic E-state index is -0.378. The van der Waals surface area contributed by atoms with Crippen LogP contribution in [-0.4, -0.2) is 59.1 Å². The number of anilines is 1. The van der Waals surface area contributed by atoms with E-state index >= 15 is 0 Å². The Morgan fingerprint density at radius 1 is 1.42 bits per heavy atom. The number of urea groups is 1. The second-order valence-corrected chi connectivity index (χ2v) is 6.26. The van der Waals surface area contributed by atoms with Gasteiger partial charge in [0.05, 0.1) is 36.8 Å². The molecule has 1 N–H and O–H groups in total. The van der Waals surface area contributed by atoms with Crippen molar-refractivity contribution in [3.8, 4) is 0 Å². The summed E-state index contributed by atoms with van der Waals surface area (Å²) in [6, 6.07) is 0.0200. The molecule has 3 heterocycles. The first kappa shape index (κ1) is 16.8. The maximum Gasteiger partial charge on any atom is 0.327 e. The molecule has 0 spiro atoms. The first-order valence-corrected chi connectivity index (χ1v) is 8.38. The zero-order valence-electron chi connectivity index (χ0n) is 14.2. The molecule has 0 aliphatic carbocycles. The van der Waals surface area contributed by atoms with Crippen LogP contribution in [0, 0.1) is 6.92 Å². The van der Waals surface area contributed by atoms with Crippen molar-refractivity contribution in [3.05, 3.63) is 11.9 Å². The topological polar surface area (TPSA) is 85.7 Å². The van der Waals surface area contributed by atoms with Gasteiger partial charge in [-0.3, -0.25) is 9.48 Å². The van der Waals surface area contributed by atoms with E-state index in [2.05, 4.69) is 15.2 Å². The third-order valence-electron chi connectivity index (χ3n) is 4.81. The molecule has 2 atom stereocenters. The number of amides is 2. The van der Waals surface area contributed by atoms with Gasteiger partial charge in [0.15, 0.2) is 0 Å². The van der Waals surface area contributed by atoms with Gasteiger partial charge in [0.25, 0.3) is 0 Å². The van der Waals surface area contributed by atoms with Crippen molar-refractivity contribution in [2.75, 3.05) is 25.6 Å². The van der Waals surface area contributed by atoms with Crippen LogP contribution >= 0.6 is 0 Å². The molecule has 2 fully saturated rings. The average molecular weight is 336 g/mol. The van der Waals surface area contributed by atoms with Gasteiger partial charge in [-0.1, -0.05) is 0 Å². The van der Waals surface area contributed by atoms with Gasteiger partial charge in [-0.25, -0.2) is 4.79 Å². The lowest BCUT2D eigenvalue weighted by Gasteiger charge is -2.28. The van der Waals surface area contributed by atoms with Crippen LogP contribution in [0.25, 0.3) is 0 Å². The highest BCUT2D eigenvalue weighted by Gasteiger charge is 2.37. The number of hydrogen-bond acceptors (Lipinski definition) is 5. The third-order valence-corrected chi connectivity index (χ3v) is 4.81. The number of esters is 1. The minimum absolute atomic E-state index is 0.0282. The molecule has 2 saturated heterocycles. The van der Waals surface area contributed by atoms with Crippen molar-refractivity contribution in [2.24, 2.45) is 0 Å². The van der Waals surface area contributed by atoms with E-state index in [1.165, 1.54) is 11.8 Å². The van der Waals surface area contributed by atoms with Gasteiger partial charge in [0.1, 0.15) is 6.54 Å². The van der Waals surface area contributed by atoms with Gasteiger partial charge >= 0.3 is 12.0 Å². The number of nitrogens with zero attached hydrogens (tertiary/aromatic N) is 3. The fourth-order valence-corrected chi connectivity index (χ4v) is 3.44. The summed E-state index contributed by atoms with van der Waals surface area (Å²) < 4.78 is 11.9. The van der Waals surface area contributed by atoms with Crippen LogP contribution in [0.4, 0.5) is 10.5 Å². The van der Waals surface area contributed by atoms with Crippen molar-refractivity contribution in [3.63, 3.8) is 0 Å². The summed E-state index contributed by atoms with van der Waals surface area (Å²) in [7, 11) is 1.34. The fourth-order valence-electron chi connectivity index (χ4n) is 3.44. The normalized spacial score (nSPS) is 23.5. The van der Waals surface area contributed by atoms with Crippen LogP contribution in [0.2, 0.25) is 0 Å². The van der Waals surface area contributed by atoms with Crippen LogP contribution in [0.15, 0.2) is 6.20 Å². The molecule has 2 aliphatic heterocycles. The molecule has 8 nitrogen and oxygen atoms in total. The second-order valence-electron chi connectivity index (χ2n) is 6.26. The van der Waals surface area contributed by atoms with Crippen LogP contribution in [0.1, 0.15) is 31.4 Å². The van der Waals surface area contributed by atoms with Crippen molar-refractivity contribution >= 4 is 17.7 Å². The Bertz CT molecular complexity index is 609. The standard InChI is InChI=1S/C16H24N4O4/c1-11-12(9-17-20(11)10-15(21)23-2)18-16(22)19-7-3-5-13(19)14-6-4-8-24-14/h9,13-14H,3-8,10H2,1-2H3,(H,18,22). The molecule has 0 radical (unpaired) electrons. The summed E-state index contributed by atoms with van der Waals surface area (Å²) >= 11 is 0. The maximum absolute atomic E-state index is 12.7. The van der Waals surface area contributed by atoms with Crippen molar-refractivity contribution < 1.29 is 19.1 Å². The number of ether oxygens (including phenoxy) is 2. The number of rotatable bonds is 4. The predicted molar refractivity (Wildman–Crippen MR) is 86.7 cm³/mol. The van der Waals surface area contributed by atoms with E-state index < -0.39 is 0 Å². The van der Waals surface area contributed by atoms with Gasteiger partial charge < -0.3 is 19.7 Å². The first-order chi connectivity index (χ1) is 11.6. The van der Waals surface area contributed by atoms with E-state index in [9.17, 15) is 9.59 Å². The van der Waals surface area contributed by atoms with Crippen LogP contribution in [0.3, 0.4) is 0 Å². The molecule has 0 saturated carbocycles. The molecule has 0 bridgehead atoms. The average Bonchev–Trinajstić information content (AvgIpc) is 3.30. The Kier molecular flexibility index (Phi) is 5.03. The molecule has 2 unspecified atom stereocenters. The van der Waals surface area contributed by atoms with E-state index in [0.29, 0.717) is 5.69 Å². The largest absolute Gasteiger partial charge is 0.468 e. The Balaban J connectivity index is 1.65. The lowest BCUT2D eigenvalue weighted by atomic mass is 10.1. The monoisotopic (exact) mass is 336 g/mol. The summed E-state index contributed by atoms with van der Waals surface area (Å²) in [5.74, 6) is -0.378. The van der Waals surface area contributed by atoms with Crippen molar-refractivity contribution in [1.82, 2.24) is 14.7 Å². The molecule has 1 aromatic heterocycles. The third kappa shape index (κ3) is 3.38. The fraction of sp³-hybridized carbons (Fsp3) is 0.688. The zero-order chi connectivity index (χ0) is 17.1. The van der Waals surface area contributed by atoms with E-state index in [1.54, 1.807) is 6.20 Å². The molecule has 2 amide bonds. The summed E-state index contributed by atoms with van der Waals surface area (Å²) in [6.07, 6.45) is 5.78. The predicted octanol–water partition coefficient (Wildman–Crippen LogP) is 1.54. The maximum atomic E-state index is 12.7. The van der Waals surface area contributed by atoms with E-state index in [1.807, 2.05) is 11.8 Å². The molecular formula is C16H24N4O4. The summed E-state index contributed by atoms with van der Waals surface area (Å²) in [5, 5.41) is 7.05. The number of nitrogens with one attached hydrogen (secondary N) is 1. The van der Waals surface area contributed by atoms with Crippen LogP contribution in [0.5, 0.6) is 0 Å². The Morgan fingerprint density at radius 3 is 2.96 bits per heavy atom. The molecule has 3 rings (SSSR count). The van der Waals surface area contributed by atoms with E-state index in [4.69, 9.17) is 4.74 Å². The van der Waals surface area contributed by atoms with E-state index in [0.717, 1.165) is 44.5 Å². The van der Waals surface area contributed by atoms with Gasteiger partial charge in [0, 0.05) is 13.2 Å². The highest BCUT2D eigenvalue weighted by molar-refractivity contribution is 5.90. The Hall–Kier alpha value is -2.09. The summed E-state index contributed by atoms with van der Waals surface area (Å²) in [6.45, 7) is 3.37. The number of carbonyl (C=O) groups is 2. The lowest BCUT2D eigenvalue weighted by molar-refractivity contribution is -0.141. The number of likely N-dealkylation sites (tertiary alicyclic amines) is 1. The molecule has 0 aromatic carbocycles. The lowest BCUT2D eigenvalue weighted by Crippen LogP contribution is -2.44. The molecule has 8 heteroatoms. The van der Waals surface area contributed by atoms with Crippen LogP contribution in [-0.2, 0) is 20.8 Å². The quantitative estimate of drug-likeness (QED) is 0.843. The zero-order valence-corrected chi connectivity index (χ0v) is 14.2. The smallest absolute Gasteiger partial charge is 0.327 e. The molecule has 2 aliphatic rings. The molecule has 1 aromatic rings. The Morgan fingerprint density at radius 2 is 2.25 bits per heavy atom. The van der Waals surface area contributed by atoms with Crippen molar-refractivity contribution in [1.29, 1.82) is 0 Å². The summed E-state index contributed by atoms with van der Waals surface area (Å²) in [5.41, 5.74) is 1.34.